The summed E-state index contributed by atoms with van der Waals surface area (Å²) in [5.74, 6) is -0.565. The Morgan fingerprint density at radius 1 is 1.09 bits per heavy atom. The highest BCUT2D eigenvalue weighted by molar-refractivity contribution is 6.33. The van der Waals surface area contributed by atoms with E-state index in [1.165, 1.54) is 6.08 Å². The van der Waals surface area contributed by atoms with E-state index < -0.39 is 17.6 Å². The van der Waals surface area contributed by atoms with Gasteiger partial charge in [-0.25, -0.2) is 0 Å². The van der Waals surface area contributed by atoms with E-state index in [1.807, 2.05) is 6.07 Å². The lowest BCUT2D eigenvalue weighted by atomic mass is 10.2. The molecular formula is C16H11ClF3NO. The van der Waals surface area contributed by atoms with Crippen LogP contribution in [-0.2, 0) is 11.0 Å². The first-order chi connectivity index (χ1) is 10.4. The van der Waals surface area contributed by atoms with Crippen molar-refractivity contribution < 1.29 is 18.0 Å². The summed E-state index contributed by atoms with van der Waals surface area (Å²) >= 11 is 5.80. The second-order valence-electron chi connectivity index (χ2n) is 4.43. The summed E-state index contributed by atoms with van der Waals surface area (Å²) in [4.78, 5) is 11.8. The zero-order valence-corrected chi connectivity index (χ0v) is 11.9. The van der Waals surface area contributed by atoms with Crippen molar-refractivity contribution in [2.45, 2.75) is 6.18 Å². The Morgan fingerprint density at radius 3 is 2.41 bits per heavy atom. The van der Waals surface area contributed by atoms with Crippen LogP contribution in [-0.4, -0.2) is 5.91 Å². The highest BCUT2D eigenvalue weighted by atomic mass is 35.5. The van der Waals surface area contributed by atoms with Crippen molar-refractivity contribution in [2.24, 2.45) is 0 Å². The first-order valence-corrected chi connectivity index (χ1v) is 6.65. The topological polar surface area (TPSA) is 29.1 Å². The molecule has 0 saturated carbocycles. The molecule has 2 rings (SSSR count). The third-order valence-corrected chi connectivity index (χ3v) is 3.11. The summed E-state index contributed by atoms with van der Waals surface area (Å²) in [5.41, 5.74) is -0.161. The molecule has 0 heterocycles. The van der Waals surface area contributed by atoms with Crippen LogP contribution in [0.25, 0.3) is 6.08 Å². The molecule has 0 fully saturated rings. The predicted octanol–water partition coefficient (Wildman–Crippen LogP) is 5.01. The molecule has 0 saturated heterocycles. The van der Waals surface area contributed by atoms with Crippen molar-refractivity contribution in [3.63, 3.8) is 0 Å². The number of nitrogens with one attached hydrogen (secondary N) is 1. The zero-order valence-electron chi connectivity index (χ0n) is 11.2. The molecule has 0 aromatic heterocycles. The van der Waals surface area contributed by atoms with Gasteiger partial charge in [0.2, 0.25) is 5.91 Å². The van der Waals surface area contributed by atoms with E-state index in [4.69, 9.17) is 11.6 Å². The molecule has 114 valence electrons. The summed E-state index contributed by atoms with van der Waals surface area (Å²) in [6.07, 6.45) is -1.72. The van der Waals surface area contributed by atoms with E-state index in [2.05, 4.69) is 5.32 Å². The average molecular weight is 326 g/mol. The number of carbonyl (C=O) groups is 1. The van der Waals surface area contributed by atoms with Crippen molar-refractivity contribution in [1.29, 1.82) is 0 Å². The lowest BCUT2D eigenvalue weighted by Crippen LogP contribution is -2.11. The zero-order chi connectivity index (χ0) is 16.2. The molecule has 0 aliphatic rings. The molecular weight excluding hydrogens is 315 g/mol. The molecule has 0 unspecified atom stereocenters. The van der Waals surface area contributed by atoms with Crippen LogP contribution in [0.3, 0.4) is 0 Å². The Labute approximate surface area is 130 Å². The Hall–Kier alpha value is -2.27. The summed E-state index contributed by atoms with van der Waals surface area (Å²) in [6, 6.07) is 11.8. The number of amides is 1. The van der Waals surface area contributed by atoms with Gasteiger partial charge in [-0.15, -0.1) is 0 Å². The van der Waals surface area contributed by atoms with Gasteiger partial charge in [0.25, 0.3) is 0 Å². The van der Waals surface area contributed by atoms with Crippen LogP contribution in [0, 0.1) is 0 Å². The maximum atomic E-state index is 12.6. The van der Waals surface area contributed by atoms with E-state index in [-0.39, 0.29) is 10.7 Å². The van der Waals surface area contributed by atoms with Gasteiger partial charge in [0.05, 0.1) is 16.3 Å². The van der Waals surface area contributed by atoms with Gasteiger partial charge in [-0.3, -0.25) is 4.79 Å². The largest absolute Gasteiger partial charge is 0.416 e. The molecule has 2 aromatic rings. The fourth-order valence-corrected chi connectivity index (χ4v) is 1.87. The molecule has 2 nitrogen and oxygen atoms in total. The Balaban J connectivity index is 2.13. The second kappa shape index (κ2) is 6.66. The van der Waals surface area contributed by atoms with E-state index in [9.17, 15) is 18.0 Å². The van der Waals surface area contributed by atoms with Gasteiger partial charge in [-0.1, -0.05) is 41.9 Å². The quantitative estimate of drug-likeness (QED) is 0.790. The van der Waals surface area contributed by atoms with Gasteiger partial charge >= 0.3 is 6.18 Å². The highest BCUT2D eigenvalue weighted by Gasteiger charge is 2.31. The standard InChI is InChI=1S/C16H11ClF3NO/c17-13-8-7-12(16(18,19)20)10-14(13)21-15(22)9-6-11-4-2-1-3-5-11/h1-10H,(H,21,22)/b9-6+. The van der Waals surface area contributed by atoms with Crippen molar-refractivity contribution in [3.8, 4) is 0 Å². The predicted molar refractivity (Wildman–Crippen MR) is 80.6 cm³/mol. The fourth-order valence-electron chi connectivity index (χ4n) is 1.71. The van der Waals surface area contributed by atoms with E-state index >= 15 is 0 Å². The van der Waals surface area contributed by atoms with Crippen molar-refractivity contribution in [3.05, 3.63) is 70.8 Å². The average Bonchev–Trinajstić information content (AvgIpc) is 2.47. The van der Waals surface area contributed by atoms with Gasteiger partial charge in [0.15, 0.2) is 0 Å². The van der Waals surface area contributed by atoms with Gasteiger partial charge in [-0.2, -0.15) is 13.2 Å². The summed E-state index contributed by atoms with van der Waals surface area (Å²) in [6.45, 7) is 0. The number of hydrogen-bond acceptors (Lipinski definition) is 1. The molecule has 1 amide bonds. The first kappa shape index (κ1) is 16.1. The van der Waals surface area contributed by atoms with Crippen molar-refractivity contribution in [1.82, 2.24) is 0 Å². The van der Waals surface area contributed by atoms with Crippen LogP contribution in [0.15, 0.2) is 54.6 Å². The fraction of sp³-hybridized carbons (Fsp3) is 0.0625. The highest BCUT2D eigenvalue weighted by Crippen LogP contribution is 2.33. The van der Waals surface area contributed by atoms with E-state index in [1.54, 1.807) is 30.3 Å². The minimum absolute atomic E-state index is 0.0365. The van der Waals surface area contributed by atoms with Gasteiger partial charge in [0, 0.05) is 6.08 Å². The maximum absolute atomic E-state index is 12.6. The lowest BCUT2D eigenvalue weighted by Gasteiger charge is -2.10. The molecule has 0 spiro atoms. The number of carbonyl (C=O) groups excluding carboxylic acids is 1. The second-order valence-corrected chi connectivity index (χ2v) is 4.83. The molecule has 1 N–H and O–H groups in total. The third kappa shape index (κ3) is 4.36. The van der Waals surface area contributed by atoms with Crippen molar-refractivity contribution in [2.75, 3.05) is 5.32 Å². The molecule has 2 aromatic carbocycles. The smallest absolute Gasteiger partial charge is 0.321 e. The Kier molecular flexibility index (Phi) is 4.88. The Morgan fingerprint density at radius 2 is 1.77 bits per heavy atom. The molecule has 0 aliphatic heterocycles. The Bertz CT molecular complexity index is 696. The minimum atomic E-state index is -4.50. The van der Waals surface area contributed by atoms with E-state index in [0.717, 1.165) is 23.8 Å². The monoisotopic (exact) mass is 325 g/mol. The van der Waals surface area contributed by atoms with Crippen LogP contribution in [0.2, 0.25) is 5.02 Å². The van der Waals surface area contributed by atoms with Crippen molar-refractivity contribution >= 4 is 29.3 Å². The van der Waals surface area contributed by atoms with Gasteiger partial charge < -0.3 is 5.32 Å². The third-order valence-electron chi connectivity index (χ3n) is 2.78. The molecule has 0 atom stereocenters. The molecule has 22 heavy (non-hydrogen) atoms. The number of rotatable bonds is 3. The molecule has 0 radical (unpaired) electrons. The maximum Gasteiger partial charge on any atom is 0.416 e. The minimum Gasteiger partial charge on any atom is -0.321 e. The summed E-state index contributed by atoms with van der Waals surface area (Å²) < 4.78 is 37.9. The van der Waals surface area contributed by atoms with Gasteiger partial charge in [0.1, 0.15) is 0 Å². The number of halogens is 4. The molecule has 6 heteroatoms. The summed E-state index contributed by atoms with van der Waals surface area (Å²) in [5, 5.41) is 2.37. The number of benzene rings is 2. The normalized spacial score (nSPS) is 11.6. The number of anilines is 1. The number of alkyl halides is 3. The van der Waals surface area contributed by atoms with Crippen LogP contribution in [0.1, 0.15) is 11.1 Å². The SMILES string of the molecule is O=C(/C=C/c1ccccc1)Nc1cc(C(F)(F)F)ccc1Cl. The molecule has 0 bridgehead atoms. The lowest BCUT2D eigenvalue weighted by molar-refractivity contribution is -0.137. The van der Waals surface area contributed by atoms with Crippen LogP contribution in [0.5, 0.6) is 0 Å². The van der Waals surface area contributed by atoms with Crippen LogP contribution < -0.4 is 5.32 Å². The number of hydrogen-bond donors (Lipinski definition) is 1. The van der Waals surface area contributed by atoms with Gasteiger partial charge in [-0.05, 0) is 29.8 Å². The first-order valence-electron chi connectivity index (χ1n) is 6.27. The van der Waals surface area contributed by atoms with Crippen LogP contribution >= 0.6 is 11.6 Å². The van der Waals surface area contributed by atoms with E-state index in [0.29, 0.717) is 0 Å². The van der Waals surface area contributed by atoms with Crippen LogP contribution in [0.4, 0.5) is 18.9 Å². The molecule has 0 aliphatic carbocycles. The summed E-state index contributed by atoms with van der Waals surface area (Å²) in [7, 11) is 0.